The highest BCUT2D eigenvalue weighted by Gasteiger charge is 2.20. The first kappa shape index (κ1) is 16.1. The van der Waals surface area contributed by atoms with Crippen molar-refractivity contribution in [3.05, 3.63) is 30.1 Å². The van der Waals surface area contributed by atoms with Crippen molar-refractivity contribution in [2.45, 2.75) is 13.3 Å². The molecule has 0 radical (unpaired) electrons. The first-order valence-corrected chi connectivity index (χ1v) is 6.77. The first-order valence-electron chi connectivity index (χ1n) is 6.77. The highest BCUT2D eigenvalue weighted by molar-refractivity contribution is 5.89. The van der Waals surface area contributed by atoms with Crippen molar-refractivity contribution >= 4 is 22.7 Å². The smallest absolute Gasteiger partial charge is 0.310 e. The summed E-state index contributed by atoms with van der Waals surface area (Å²) in [5.41, 5.74) is 0.445. The van der Waals surface area contributed by atoms with Crippen LogP contribution in [0.25, 0.3) is 10.9 Å². The molecular weight excluding hydrogens is 292 g/mol. The van der Waals surface area contributed by atoms with Gasteiger partial charge in [-0.05, 0) is 12.1 Å². The number of hydrogen-bond donors (Lipinski definition) is 0. The summed E-state index contributed by atoms with van der Waals surface area (Å²) in [6.45, 7) is 2.01. The molecular formula is C15H17F2N3O2. The molecule has 118 valence electrons. The molecule has 1 aromatic heterocycles. The zero-order valence-corrected chi connectivity index (χ0v) is 12.6. The van der Waals surface area contributed by atoms with Crippen molar-refractivity contribution in [1.29, 1.82) is 0 Å². The van der Waals surface area contributed by atoms with Crippen molar-refractivity contribution in [3.63, 3.8) is 0 Å². The van der Waals surface area contributed by atoms with Crippen molar-refractivity contribution in [2.24, 2.45) is 5.92 Å². The Labute approximate surface area is 126 Å². The van der Waals surface area contributed by atoms with Crippen molar-refractivity contribution in [2.75, 3.05) is 25.6 Å². The molecule has 22 heavy (non-hydrogen) atoms. The van der Waals surface area contributed by atoms with Gasteiger partial charge in [0.05, 0.1) is 18.5 Å². The minimum atomic E-state index is -2.75. The number of carbonyl (C=O) groups is 1. The highest BCUT2D eigenvalue weighted by Crippen LogP contribution is 2.26. The van der Waals surface area contributed by atoms with E-state index in [1.54, 1.807) is 43.1 Å². The van der Waals surface area contributed by atoms with Gasteiger partial charge in [-0.1, -0.05) is 19.1 Å². The number of fused-ring (bicyclic) bond motifs is 1. The molecule has 0 bridgehead atoms. The fourth-order valence-corrected chi connectivity index (χ4v) is 2.24. The lowest BCUT2D eigenvalue weighted by Crippen LogP contribution is -2.30. The summed E-state index contributed by atoms with van der Waals surface area (Å²) in [7, 11) is 3.01. The number of hydrogen-bond acceptors (Lipinski definition) is 5. The SMILES string of the molecule is COC(=O)[C@@H](C)CN(C)c1nc(C(F)F)nc2ccccc12. The van der Waals surface area contributed by atoms with Crippen LogP contribution in [0.5, 0.6) is 0 Å². The third-order valence-corrected chi connectivity index (χ3v) is 3.31. The fraction of sp³-hybridized carbons (Fsp3) is 0.400. The van der Waals surface area contributed by atoms with Gasteiger partial charge in [-0.15, -0.1) is 0 Å². The number of aromatic nitrogens is 2. The van der Waals surface area contributed by atoms with E-state index in [9.17, 15) is 13.6 Å². The van der Waals surface area contributed by atoms with Crippen LogP contribution in [0.1, 0.15) is 19.2 Å². The Morgan fingerprint density at radius 2 is 2.00 bits per heavy atom. The average Bonchev–Trinajstić information content (AvgIpc) is 2.52. The van der Waals surface area contributed by atoms with E-state index in [2.05, 4.69) is 14.7 Å². The maximum atomic E-state index is 13.0. The maximum absolute atomic E-state index is 13.0. The second kappa shape index (κ2) is 6.64. The molecule has 5 nitrogen and oxygen atoms in total. The molecule has 0 saturated carbocycles. The van der Waals surface area contributed by atoms with Crippen LogP contribution in [0.3, 0.4) is 0 Å². The lowest BCUT2D eigenvalue weighted by molar-refractivity contribution is -0.144. The quantitative estimate of drug-likeness (QED) is 0.795. The Hall–Kier alpha value is -2.31. The molecule has 2 aromatic rings. The van der Waals surface area contributed by atoms with Gasteiger partial charge in [0.1, 0.15) is 5.82 Å². The number of anilines is 1. The van der Waals surface area contributed by atoms with Crippen LogP contribution in [0.4, 0.5) is 14.6 Å². The Morgan fingerprint density at radius 1 is 1.32 bits per heavy atom. The predicted octanol–water partition coefficient (Wildman–Crippen LogP) is 2.81. The minimum absolute atomic E-state index is 0.302. The summed E-state index contributed by atoms with van der Waals surface area (Å²) < 4.78 is 30.6. The summed E-state index contributed by atoms with van der Waals surface area (Å²) in [5.74, 6) is -0.916. The van der Waals surface area contributed by atoms with Gasteiger partial charge in [0.25, 0.3) is 6.43 Å². The van der Waals surface area contributed by atoms with Gasteiger partial charge >= 0.3 is 5.97 Å². The van der Waals surface area contributed by atoms with Crippen molar-refractivity contribution in [3.8, 4) is 0 Å². The van der Waals surface area contributed by atoms with Gasteiger partial charge < -0.3 is 9.64 Å². The van der Waals surface area contributed by atoms with Gasteiger partial charge in [0, 0.05) is 19.0 Å². The zero-order chi connectivity index (χ0) is 16.3. The van der Waals surface area contributed by atoms with E-state index in [1.807, 2.05) is 0 Å². The topological polar surface area (TPSA) is 55.3 Å². The standard InChI is InChI=1S/C15H17F2N3O2/c1-9(15(21)22-3)8-20(2)14-10-6-4-5-7-11(10)18-13(19-14)12(16)17/h4-7,9,12H,8H2,1-3H3/t9-/m0/s1. The molecule has 0 fully saturated rings. The fourth-order valence-electron chi connectivity index (χ4n) is 2.24. The summed E-state index contributed by atoms with van der Waals surface area (Å²) in [6.07, 6.45) is -2.75. The monoisotopic (exact) mass is 309 g/mol. The molecule has 0 N–H and O–H groups in total. The Morgan fingerprint density at radius 3 is 2.64 bits per heavy atom. The second-order valence-corrected chi connectivity index (χ2v) is 5.03. The molecule has 0 unspecified atom stereocenters. The van der Waals surface area contributed by atoms with Crippen LogP contribution in [0.2, 0.25) is 0 Å². The van der Waals surface area contributed by atoms with E-state index in [4.69, 9.17) is 0 Å². The van der Waals surface area contributed by atoms with Gasteiger partial charge in [0.15, 0.2) is 5.82 Å². The molecule has 2 rings (SSSR count). The lowest BCUT2D eigenvalue weighted by atomic mass is 10.1. The number of alkyl halides is 2. The van der Waals surface area contributed by atoms with Crippen LogP contribution in [-0.2, 0) is 9.53 Å². The Bertz CT molecular complexity index is 679. The minimum Gasteiger partial charge on any atom is -0.469 e. The third-order valence-electron chi connectivity index (χ3n) is 3.31. The molecule has 1 aromatic carbocycles. The highest BCUT2D eigenvalue weighted by atomic mass is 19.3. The van der Waals surface area contributed by atoms with E-state index >= 15 is 0 Å². The second-order valence-electron chi connectivity index (χ2n) is 5.03. The van der Waals surface area contributed by atoms with Crippen LogP contribution < -0.4 is 4.90 Å². The number of nitrogens with zero attached hydrogens (tertiary/aromatic N) is 3. The number of para-hydroxylation sites is 1. The molecule has 0 aliphatic heterocycles. The number of methoxy groups -OCH3 is 1. The lowest BCUT2D eigenvalue weighted by Gasteiger charge is -2.23. The average molecular weight is 309 g/mol. The van der Waals surface area contributed by atoms with Crippen LogP contribution in [-0.4, -0.2) is 36.6 Å². The van der Waals surface area contributed by atoms with Crippen LogP contribution >= 0.6 is 0 Å². The van der Waals surface area contributed by atoms with Crippen molar-refractivity contribution < 1.29 is 18.3 Å². The molecule has 0 saturated heterocycles. The van der Waals surface area contributed by atoms with Gasteiger partial charge in [0.2, 0.25) is 0 Å². The summed E-state index contributed by atoms with van der Waals surface area (Å²) in [4.78, 5) is 21.0. The van der Waals surface area contributed by atoms with Crippen LogP contribution in [0.15, 0.2) is 24.3 Å². The van der Waals surface area contributed by atoms with E-state index in [0.717, 1.165) is 0 Å². The number of halogens is 2. The number of esters is 1. The Kier molecular flexibility index (Phi) is 4.85. The predicted molar refractivity (Wildman–Crippen MR) is 78.9 cm³/mol. The summed E-state index contributed by atoms with van der Waals surface area (Å²) in [6, 6.07) is 6.93. The summed E-state index contributed by atoms with van der Waals surface area (Å²) in [5, 5.41) is 0.659. The zero-order valence-electron chi connectivity index (χ0n) is 12.6. The van der Waals surface area contributed by atoms with E-state index in [-0.39, 0.29) is 5.97 Å². The molecule has 0 amide bonds. The molecule has 0 spiro atoms. The molecule has 0 aliphatic rings. The van der Waals surface area contributed by atoms with Crippen molar-refractivity contribution in [1.82, 2.24) is 9.97 Å². The number of rotatable bonds is 5. The first-order chi connectivity index (χ1) is 10.4. The largest absolute Gasteiger partial charge is 0.469 e. The summed E-state index contributed by atoms with van der Waals surface area (Å²) >= 11 is 0. The third kappa shape index (κ3) is 3.29. The number of ether oxygens (including phenoxy) is 1. The van der Waals surface area contributed by atoms with Gasteiger partial charge in [-0.25, -0.2) is 18.7 Å². The Balaban J connectivity index is 2.42. The van der Waals surface area contributed by atoms with E-state index in [1.165, 1.54) is 7.11 Å². The molecule has 1 heterocycles. The van der Waals surface area contributed by atoms with Gasteiger partial charge in [-0.3, -0.25) is 4.79 Å². The van der Waals surface area contributed by atoms with E-state index < -0.39 is 18.2 Å². The van der Waals surface area contributed by atoms with Gasteiger partial charge in [-0.2, -0.15) is 0 Å². The normalized spacial score (nSPS) is 12.5. The number of benzene rings is 1. The molecule has 1 atom stereocenters. The maximum Gasteiger partial charge on any atom is 0.310 e. The molecule has 7 heteroatoms. The van der Waals surface area contributed by atoms with Crippen LogP contribution in [0, 0.1) is 5.92 Å². The molecule has 0 aliphatic carbocycles. The van der Waals surface area contributed by atoms with E-state index in [0.29, 0.717) is 23.3 Å². The number of carbonyl (C=O) groups excluding carboxylic acids is 1.